The van der Waals surface area contributed by atoms with Crippen molar-refractivity contribution in [2.75, 3.05) is 19.7 Å². The van der Waals surface area contributed by atoms with Crippen LogP contribution in [0, 0.1) is 23.6 Å². The van der Waals surface area contributed by atoms with E-state index in [0.29, 0.717) is 25.1 Å². The van der Waals surface area contributed by atoms with Gasteiger partial charge in [-0.25, -0.2) is 14.9 Å². The third-order valence-electron chi connectivity index (χ3n) is 10.9. The van der Waals surface area contributed by atoms with Crippen LogP contribution >= 0.6 is 0 Å². The second-order valence-electron chi connectivity index (χ2n) is 16.1. The molecule has 0 saturated carbocycles. The molecule has 3 aliphatic rings. The summed E-state index contributed by atoms with van der Waals surface area (Å²) in [5, 5.41) is 40.5. The number of hydrazine groups is 1. The lowest BCUT2D eigenvalue weighted by Crippen LogP contribution is -2.59. The lowest BCUT2D eigenvalue weighted by Gasteiger charge is -2.36. The molecule has 4 amide bonds. The van der Waals surface area contributed by atoms with Crippen LogP contribution in [-0.4, -0.2) is 111 Å². The molecule has 4 rings (SSSR count). The van der Waals surface area contributed by atoms with E-state index in [0.717, 1.165) is 36.0 Å². The summed E-state index contributed by atoms with van der Waals surface area (Å²) in [6.07, 6.45) is 9.47. The first kappa shape index (κ1) is 48.4. The van der Waals surface area contributed by atoms with Crippen LogP contribution < -0.4 is 16.1 Å². The zero-order valence-corrected chi connectivity index (χ0v) is 35.4. The summed E-state index contributed by atoms with van der Waals surface area (Å²) in [5.74, 6) is -7.88. The van der Waals surface area contributed by atoms with Crippen LogP contribution in [0.4, 0.5) is 4.39 Å². The van der Waals surface area contributed by atoms with E-state index in [-0.39, 0.29) is 49.5 Å². The molecule has 6 N–H and O–H groups in total. The molecular formula is C44H60FN5O11. The molecular weight excluding hydrogens is 794 g/mol. The highest BCUT2D eigenvalue weighted by atomic mass is 19.1. The molecule has 0 aromatic heterocycles. The Morgan fingerprint density at radius 2 is 1.75 bits per heavy atom. The first-order chi connectivity index (χ1) is 29.0. The molecule has 2 fully saturated rings. The van der Waals surface area contributed by atoms with Gasteiger partial charge < -0.3 is 35.5 Å². The number of rotatable bonds is 8. The highest BCUT2D eigenvalue weighted by molar-refractivity contribution is 5.93. The van der Waals surface area contributed by atoms with Crippen molar-refractivity contribution < 1.29 is 58.1 Å². The summed E-state index contributed by atoms with van der Waals surface area (Å²) in [6, 6.07) is -1.06. The average Bonchev–Trinajstić information content (AvgIpc) is 3.22. The fourth-order valence-electron chi connectivity index (χ4n) is 7.16. The number of amides is 4. The standard InChI is InChI=1S/C44H60FN5O11/c1-26(2)38-42(57)47-39(30-23-31(45)25-32(52)24-30)43(58)49-20-12-14-34(48-49)44(59)61-36(27(3)13-11-17-37(54)50-21-9-10-22-60-50)16-8-6-7-15-35(53)29(5)40(55)33(41(56)46-38)19-18-28(4)51/h6-8,11,13,15,17,23-26,29,33-36,38-40,48,52-53,55H,9-10,12,14,16,18-22H2,1-5H3,(H,46,56)(H,47,57)/b8-6+,15-7+,17-11+,27-13+/t29-,33+,34?,35-,36-,38-,39?,40+/m0/s1. The van der Waals surface area contributed by atoms with Crippen molar-refractivity contribution >= 4 is 35.4 Å². The van der Waals surface area contributed by atoms with Crippen molar-refractivity contribution in [2.45, 2.75) is 116 Å². The van der Waals surface area contributed by atoms with E-state index in [4.69, 9.17) is 9.57 Å². The molecule has 16 nitrogen and oxygen atoms in total. The van der Waals surface area contributed by atoms with Crippen molar-refractivity contribution in [2.24, 2.45) is 17.8 Å². The number of aliphatic hydroxyl groups excluding tert-OH is 2. The lowest BCUT2D eigenvalue weighted by atomic mass is 9.84. The number of ether oxygens (including phenoxy) is 1. The van der Waals surface area contributed by atoms with Gasteiger partial charge in [-0.3, -0.25) is 33.8 Å². The number of nitrogens with one attached hydrogen (secondary N) is 3. The van der Waals surface area contributed by atoms with Crippen molar-refractivity contribution in [1.29, 1.82) is 0 Å². The summed E-state index contributed by atoms with van der Waals surface area (Å²) < 4.78 is 20.7. The largest absolute Gasteiger partial charge is 0.508 e. The molecule has 2 bridgehead atoms. The van der Waals surface area contributed by atoms with Crippen molar-refractivity contribution in [3.8, 4) is 5.75 Å². The normalized spacial score (nSPS) is 29.2. The zero-order chi connectivity index (χ0) is 44.8. The Labute approximate surface area is 355 Å². The minimum Gasteiger partial charge on any atom is -0.508 e. The fraction of sp³-hybridized carbons (Fsp3) is 0.545. The highest BCUT2D eigenvalue weighted by Gasteiger charge is 2.39. The number of fused-ring (bicyclic) bond motifs is 2. The van der Waals surface area contributed by atoms with E-state index in [9.17, 15) is 48.5 Å². The number of nitrogens with zero attached hydrogens (tertiary/aromatic N) is 2. The zero-order valence-electron chi connectivity index (χ0n) is 35.4. The predicted molar refractivity (Wildman–Crippen MR) is 221 cm³/mol. The molecule has 2 saturated heterocycles. The monoisotopic (exact) mass is 853 g/mol. The van der Waals surface area contributed by atoms with Gasteiger partial charge in [-0.1, -0.05) is 57.2 Å². The number of aromatic hydroxyl groups is 1. The van der Waals surface area contributed by atoms with Gasteiger partial charge in [0.05, 0.1) is 24.7 Å². The smallest absolute Gasteiger partial charge is 0.325 e. The van der Waals surface area contributed by atoms with Gasteiger partial charge in [0, 0.05) is 44.0 Å². The number of phenolic OH excluding ortho intramolecular Hbond substituents is 1. The van der Waals surface area contributed by atoms with E-state index in [2.05, 4.69) is 16.1 Å². The second kappa shape index (κ2) is 23.1. The van der Waals surface area contributed by atoms with E-state index >= 15 is 0 Å². The summed E-state index contributed by atoms with van der Waals surface area (Å²) in [7, 11) is 0. The number of allylic oxidation sites excluding steroid dienone is 4. The molecule has 0 spiro atoms. The van der Waals surface area contributed by atoms with E-state index in [1.807, 2.05) is 0 Å². The van der Waals surface area contributed by atoms with Crippen LogP contribution in [0.2, 0.25) is 0 Å². The lowest BCUT2D eigenvalue weighted by molar-refractivity contribution is -0.191. The van der Waals surface area contributed by atoms with Gasteiger partial charge in [-0.05, 0) is 75.1 Å². The van der Waals surface area contributed by atoms with E-state index in [1.165, 1.54) is 37.1 Å². The number of Topliss-reactive ketones (excluding diaryl/α,β-unsaturated/α-hetero) is 1. The maximum Gasteiger partial charge on any atom is 0.325 e. The highest BCUT2D eigenvalue weighted by Crippen LogP contribution is 2.26. The molecule has 3 aliphatic heterocycles. The Balaban J connectivity index is 1.73. The van der Waals surface area contributed by atoms with Crippen LogP contribution in [0.3, 0.4) is 0 Å². The number of cyclic esters (lactones) is 1. The Hall–Kier alpha value is -5.23. The summed E-state index contributed by atoms with van der Waals surface area (Å²) in [5.41, 5.74) is 3.34. The maximum atomic E-state index is 14.7. The Kier molecular flexibility index (Phi) is 18.4. The third-order valence-corrected chi connectivity index (χ3v) is 10.9. The Bertz CT molecular complexity index is 1840. The second-order valence-corrected chi connectivity index (χ2v) is 16.1. The molecule has 1 aromatic carbocycles. The fourth-order valence-corrected chi connectivity index (χ4v) is 7.16. The number of ketones is 1. The van der Waals surface area contributed by atoms with E-state index < -0.39 is 89.4 Å². The Morgan fingerprint density at radius 1 is 1.00 bits per heavy atom. The van der Waals surface area contributed by atoms with Gasteiger partial charge in [0.25, 0.3) is 11.8 Å². The van der Waals surface area contributed by atoms with Crippen LogP contribution in [-0.2, 0) is 38.3 Å². The molecule has 61 heavy (non-hydrogen) atoms. The van der Waals surface area contributed by atoms with Gasteiger partial charge in [-0.2, -0.15) is 0 Å². The van der Waals surface area contributed by atoms with Crippen molar-refractivity contribution in [1.82, 2.24) is 26.1 Å². The molecule has 1 aromatic rings. The molecule has 334 valence electrons. The van der Waals surface area contributed by atoms with Gasteiger partial charge >= 0.3 is 5.97 Å². The topological polar surface area (TPSA) is 224 Å². The molecule has 3 heterocycles. The average molecular weight is 854 g/mol. The Morgan fingerprint density at radius 3 is 2.43 bits per heavy atom. The number of carbonyl (C=O) groups is 6. The number of phenols is 1. The minimum atomic E-state index is -1.62. The van der Waals surface area contributed by atoms with Gasteiger partial charge in [0.15, 0.2) is 0 Å². The SMILES string of the molecule is CC(=O)CC[C@H]1C(=O)N[C@@H](C(C)C)C(=O)NC(c2cc(O)cc(F)c2)C(=O)N2CCCC(N2)C(=O)O[C@H](/C(C)=C/C=C/C(=O)N2CCCCO2)C/C=C/C=C/[C@H](O)[C@H](C)[C@H]1O. The summed E-state index contributed by atoms with van der Waals surface area (Å²) in [4.78, 5) is 86.2. The van der Waals surface area contributed by atoms with Crippen LogP contribution in [0.1, 0.15) is 91.2 Å². The van der Waals surface area contributed by atoms with Crippen molar-refractivity contribution in [3.63, 3.8) is 0 Å². The number of aliphatic hydroxyl groups is 2. The number of hydrogen-bond donors (Lipinski definition) is 6. The molecule has 17 heteroatoms. The third kappa shape index (κ3) is 14.2. The van der Waals surface area contributed by atoms with Gasteiger partial charge in [0.1, 0.15) is 41.6 Å². The number of halogens is 1. The minimum absolute atomic E-state index is 0.0723. The molecule has 0 aliphatic carbocycles. The predicted octanol–water partition coefficient (Wildman–Crippen LogP) is 3.15. The number of esters is 1. The first-order valence-corrected chi connectivity index (χ1v) is 20.8. The van der Waals surface area contributed by atoms with Crippen LogP contribution in [0.15, 0.2) is 66.3 Å². The van der Waals surface area contributed by atoms with E-state index in [1.54, 1.807) is 45.1 Å². The number of benzene rings is 1. The van der Waals surface area contributed by atoms with Crippen molar-refractivity contribution in [3.05, 3.63) is 77.7 Å². The van der Waals surface area contributed by atoms with Gasteiger partial charge in [0.2, 0.25) is 11.8 Å². The molecule has 0 radical (unpaired) electrons. The summed E-state index contributed by atoms with van der Waals surface area (Å²) >= 11 is 0. The number of hydroxylamine groups is 2. The maximum absolute atomic E-state index is 14.7. The molecule has 2 unspecified atom stereocenters. The summed E-state index contributed by atoms with van der Waals surface area (Å²) in [6.45, 7) is 8.87. The molecule has 8 atom stereocenters. The van der Waals surface area contributed by atoms with Crippen LogP contribution in [0.25, 0.3) is 0 Å². The van der Waals surface area contributed by atoms with Gasteiger partial charge in [-0.15, -0.1) is 0 Å². The quantitative estimate of drug-likeness (QED) is 0.126. The number of hydrogen-bond acceptors (Lipinski definition) is 12. The van der Waals surface area contributed by atoms with Crippen LogP contribution in [0.5, 0.6) is 5.75 Å². The first-order valence-electron chi connectivity index (χ1n) is 20.8. The number of carbonyl (C=O) groups excluding carboxylic acids is 6.